The molecule has 0 aliphatic rings. The van der Waals surface area contributed by atoms with E-state index in [0.717, 1.165) is 33.7 Å². The van der Waals surface area contributed by atoms with Gasteiger partial charge in [0.2, 0.25) is 0 Å². The number of nitrogens with one attached hydrogen (secondary N) is 1. The van der Waals surface area contributed by atoms with E-state index in [9.17, 15) is 0 Å². The van der Waals surface area contributed by atoms with E-state index in [-0.39, 0.29) is 0 Å². The maximum absolute atomic E-state index is 5.33. The van der Waals surface area contributed by atoms with Gasteiger partial charge in [-0.05, 0) is 42.0 Å². The standard InChI is InChI=1S/C22H19N3O2/c1-26-20-11-8-15(12-21(20)27-2)14-23-17-9-10-18-19(13-17)25-22(24-18)16-6-4-3-5-7-16/h3-14H,1-2H3,(H,24,25)/b23-14+. The molecule has 5 nitrogen and oxygen atoms in total. The summed E-state index contributed by atoms with van der Waals surface area (Å²) < 4.78 is 10.6. The second-order valence-corrected chi connectivity index (χ2v) is 6.03. The third kappa shape index (κ3) is 3.53. The van der Waals surface area contributed by atoms with Gasteiger partial charge in [-0.15, -0.1) is 0 Å². The number of nitrogens with zero attached hydrogens (tertiary/aromatic N) is 2. The topological polar surface area (TPSA) is 59.5 Å². The van der Waals surface area contributed by atoms with Gasteiger partial charge in [-0.1, -0.05) is 30.3 Å². The average Bonchev–Trinajstić information content (AvgIpc) is 3.16. The van der Waals surface area contributed by atoms with Crippen LogP contribution in [-0.2, 0) is 0 Å². The molecule has 27 heavy (non-hydrogen) atoms. The molecule has 1 N–H and O–H groups in total. The first-order valence-corrected chi connectivity index (χ1v) is 8.58. The van der Waals surface area contributed by atoms with Crippen LogP contribution in [0, 0.1) is 0 Å². The predicted molar refractivity (Wildman–Crippen MR) is 108 cm³/mol. The fourth-order valence-electron chi connectivity index (χ4n) is 2.89. The zero-order valence-corrected chi connectivity index (χ0v) is 15.1. The average molecular weight is 357 g/mol. The SMILES string of the molecule is COc1ccc(/C=N/c2ccc3[nH]c(-c4ccccc4)nc3c2)cc1OC. The van der Waals surface area contributed by atoms with Gasteiger partial charge >= 0.3 is 0 Å². The van der Waals surface area contributed by atoms with Gasteiger partial charge in [0.05, 0.1) is 30.9 Å². The van der Waals surface area contributed by atoms with E-state index in [1.165, 1.54) is 0 Å². The lowest BCUT2D eigenvalue weighted by Crippen LogP contribution is -1.91. The lowest BCUT2D eigenvalue weighted by atomic mass is 10.2. The van der Waals surface area contributed by atoms with Crippen LogP contribution in [0.2, 0.25) is 0 Å². The van der Waals surface area contributed by atoms with Gasteiger partial charge < -0.3 is 14.5 Å². The summed E-state index contributed by atoms with van der Waals surface area (Å²) in [4.78, 5) is 12.6. The molecule has 0 saturated heterocycles. The summed E-state index contributed by atoms with van der Waals surface area (Å²) in [6.07, 6.45) is 1.80. The van der Waals surface area contributed by atoms with Crippen LogP contribution in [0.3, 0.4) is 0 Å². The van der Waals surface area contributed by atoms with Gasteiger partial charge in [-0.2, -0.15) is 0 Å². The third-order valence-electron chi connectivity index (χ3n) is 4.28. The molecule has 1 aromatic heterocycles. The maximum atomic E-state index is 5.33. The normalized spacial score (nSPS) is 11.2. The smallest absolute Gasteiger partial charge is 0.161 e. The van der Waals surface area contributed by atoms with Crippen molar-refractivity contribution >= 4 is 22.9 Å². The Kier molecular flexibility index (Phi) is 4.58. The molecule has 0 radical (unpaired) electrons. The highest BCUT2D eigenvalue weighted by molar-refractivity contribution is 5.86. The van der Waals surface area contributed by atoms with Crippen LogP contribution in [0.5, 0.6) is 11.5 Å². The number of fused-ring (bicyclic) bond motifs is 1. The largest absolute Gasteiger partial charge is 0.493 e. The van der Waals surface area contributed by atoms with Gasteiger partial charge in [0.25, 0.3) is 0 Å². The van der Waals surface area contributed by atoms with Crippen molar-refractivity contribution in [1.29, 1.82) is 0 Å². The zero-order valence-electron chi connectivity index (χ0n) is 15.1. The van der Waals surface area contributed by atoms with Crippen molar-refractivity contribution in [3.63, 3.8) is 0 Å². The Labute approximate surface area is 157 Å². The van der Waals surface area contributed by atoms with Crippen LogP contribution in [0.4, 0.5) is 5.69 Å². The first-order chi connectivity index (χ1) is 13.3. The summed E-state index contributed by atoms with van der Waals surface area (Å²) in [5, 5.41) is 0. The van der Waals surface area contributed by atoms with E-state index in [4.69, 9.17) is 9.47 Å². The Hall–Kier alpha value is -3.60. The summed E-state index contributed by atoms with van der Waals surface area (Å²) in [6.45, 7) is 0. The van der Waals surface area contributed by atoms with E-state index in [2.05, 4.69) is 15.0 Å². The molecule has 3 aromatic carbocycles. The molecule has 0 saturated carbocycles. The number of imidazole rings is 1. The summed E-state index contributed by atoms with van der Waals surface area (Å²) in [6, 6.07) is 21.7. The molecule has 0 fully saturated rings. The Morgan fingerprint density at radius 2 is 1.70 bits per heavy atom. The Morgan fingerprint density at radius 3 is 2.48 bits per heavy atom. The molecular weight excluding hydrogens is 338 g/mol. The Morgan fingerprint density at radius 1 is 0.889 bits per heavy atom. The van der Waals surface area contributed by atoms with E-state index in [0.29, 0.717) is 11.5 Å². The van der Waals surface area contributed by atoms with E-state index < -0.39 is 0 Å². The van der Waals surface area contributed by atoms with Crippen molar-refractivity contribution < 1.29 is 9.47 Å². The van der Waals surface area contributed by atoms with E-state index in [1.807, 2.05) is 66.7 Å². The van der Waals surface area contributed by atoms with Crippen molar-refractivity contribution in [2.75, 3.05) is 14.2 Å². The Balaban J connectivity index is 1.62. The highest BCUT2D eigenvalue weighted by Gasteiger charge is 2.06. The summed E-state index contributed by atoms with van der Waals surface area (Å²) in [7, 11) is 3.24. The molecule has 5 heteroatoms. The molecule has 4 aromatic rings. The second-order valence-electron chi connectivity index (χ2n) is 6.03. The molecule has 1 heterocycles. The second kappa shape index (κ2) is 7.33. The molecule has 0 unspecified atom stereocenters. The van der Waals surface area contributed by atoms with Crippen LogP contribution in [0.15, 0.2) is 71.7 Å². The number of hydrogen-bond donors (Lipinski definition) is 1. The fraction of sp³-hybridized carbons (Fsp3) is 0.0909. The van der Waals surface area contributed by atoms with Crippen LogP contribution in [0.25, 0.3) is 22.4 Å². The first-order valence-electron chi connectivity index (χ1n) is 8.58. The number of hydrogen-bond acceptors (Lipinski definition) is 4. The summed E-state index contributed by atoms with van der Waals surface area (Å²) in [5.74, 6) is 2.23. The molecule has 4 rings (SSSR count). The molecule has 0 aliphatic carbocycles. The van der Waals surface area contributed by atoms with Crippen LogP contribution in [-0.4, -0.2) is 30.4 Å². The number of ether oxygens (including phenoxy) is 2. The molecule has 0 atom stereocenters. The van der Waals surface area contributed by atoms with E-state index in [1.54, 1.807) is 20.4 Å². The van der Waals surface area contributed by atoms with Gasteiger partial charge in [0, 0.05) is 11.8 Å². The minimum atomic E-state index is 0.678. The molecule has 0 amide bonds. The molecule has 0 aliphatic heterocycles. The van der Waals surface area contributed by atoms with Crippen molar-refractivity contribution in [3.05, 3.63) is 72.3 Å². The summed E-state index contributed by atoms with van der Waals surface area (Å²) >= 11 is 0. The number of aromatic amines is 1. The Bertz CT molecular complexity index is 1100. The minimum absolute atomic E-state index is 0.678. The maximum Gasteiger partial charge on any atom is 0.161 e. The van der Waals surface area contributed by atoms with E-state index >= 15 is 0 Å². The highest BCUT2D eigenvalue weighted by atomic mass is 16.5. The molecule has 0 spiro atoms. The van der Waals surface area contributed by atoms with Gasteiger partial charge in [-0.25, -0.2) is 4.98 Å². The number of H-pyrrole nitrogens is 1. The van der Waals surface area contributed by atoms with Crippen molar-refractivity contribution in [3.8, 4) is 22.9 Å². The van der Waals surface area contributed by atoms with Gasteiger partial charge in [-0.3, -0.25) is 4.99 Å². The monoisotopic (exact) mass is 357 g/mol. The fourth-order valence-corrected chi connectivity index (χ4v) is 2.89. The number of methoxy groups -OCH3 is 2. The number of aliphatic imine (C=N–C) groups is 1. The van der Waals surface area contributed by atoms with Gasteiger partial charge in [0.15, 0.2) is 11.5 Å². The van der Waals surface area contributed by atoms with Crippen molar-refractivity contribution in [2.45, 2.75) is 0 Å². The minimum Gasteiger partial charge on any atom is -0.493 e. The first kappa shape index (κ1) is 16.8. The lowest BCUT2D eigenvalue weighted by molar-refractivity contribution is 0.355. The quantitative estimate of drug-likeness (QED) is 0.512. The van der Waals surface area contributed by atoms with Crippen molar-refractivity contribution in [1.82, 2.24) is 9.97 Å². The van der Waals surface area contributed by atoms with Crippen LogP contribution >= 0.6 is 0 Å². The molecule has 0 bridgehead atoms. The predicted octanol–water partition coefficient (Wildman–Crippen LogP) is 5.00. The van der Waals surface area contributed by atoms with Gasteiger partial charge in [0.1, 0.15) is 5.82 Å². The third-order valence-corrected chi connectivity index (χ3v) is 4.28. The number of benzene rings is 3. The summed E-state index contributed by atoms with van der Waals surface area (Å²) in [5.41, 5.74) is 4.70. The van der Waals surface area contributed by atoms with Crippen LogP contribution in [0.1, 0.15) is 5.56 Å². The number of rotatable bonds is 5. The zero-order chi connectivity index (χ0) is 18.6. The molecule has 134 valence electrons. The molecular formula is C22H19N3O2. The van der Waals surface area contributed by atoms with Crippen molar-refractivity contribution in [2.24, 2.45) is 4.99 Å². The highest BCUT2D eigenvalue weighted by Crippen LogP contribution is 2.28. The van der Waals surface area contributed by atoms with Crippen LogP contribution < -0.4 is 9.47 Å². The number of aromatic nitrogens is 2. The lowest BCUT2D eigenvalue weighted by Gasteiger charge is -2.07.